The van der Waals surface area contributed by atoms with E-state index in [0.717, 1.165) is 5.69 Å². The van der Waals surface area contributed by atoms with Crippen LogP contribution >= 0.6 is 0 Å². The van der Waals surface area contributed by atoms with Gasteiger partial charge in [0.1, 0.15) is 0 Å². The molecule has 0 radical (unpaired) electrons. The van der Waals surface area contributed by atoms with Crippen LogP contribution in [0, 0.1) is 0 Å². The minimum absolute atomic E-state index is 0.140. The molecule has 404 valence electrons. The van der Waals surface area contributed by atoms with Gasteiger partial charge in [-0.3, -0.25) is 0 Å². The van der Waals surface area contributed by atoms with Gasteiger partial charge in [-0.15, -0.1) is 0 Å². The fraction of sp³-hybridized carbons (Fsp3) is 0.119. The van der Waals surface area contributed by atoms with E-state index in [1.807, 2.05) is 0 Å². The van der Waals surface area contributed by atoms with Gasteiger partial charge in [-0.25, -0.2) is 0 Å². The Morgan fingerprint density at radius 1 is 0.224 bits per heavy atom. The summed E-state index contributed by atoms with van der Waals surface area (Å²) < 4.78 is 0. The molecule has 0 bridgehead atoms. The Hall–Kier alpha value is -9.82. The molecule has 0 saturated carbocycles. The summed E-state index contributed by atoms with van der Waals surface area (Å²) in [5.74, 6) is 0. The Labute approximate surface area is 499 Å². The largest absolute Gasteiger partial charge is 0.310 e. The summed E-state index contributed by atoms with van der Waals surface area (Å²) >= 11 is 0. The van der Waals surface area contributed by atoms with E-state index in [1.54, 1.807) is 0 Å². The first-order chi connectivity index (χ1) is 41.4. The van der Waals surface area contributed by atoms with Crippen LogP contribution in [-0.4, -0.2) is 0 Å². The molecule has 0 saturated heterocycles. The van der Waals surface area contributed by atoms with E-state index in [2.05, 4.69) is 319 Å². The highest BCUT2D eigenvalue weighted by molar-refractivity contribution is 6.22. The van der Waals surface area contributed by atoms with E-state index in [4.69, 9.17) is 0 Å². The van der Waals surface area contributed by atoms with E-state index >= 15 is 0 Å². The van der Waals surface area contributed by atoms with Crippen molar-refractivity contribution in [3.05, 3.63) is 329 Å². The van der Waals surface area contributed by atoms with Crippen molar-refractivity contribution in [2.24, 2.45) is 0 Å². The first kappa shape index (κ1) is 49.8. The smallest absolute Gasteiger partial charge is 0.0713 e. The van der Waals surface area contributed by atoms with Crippen molar-refractivity contribution in [1.82, 2.24) is 0 Å². The normalized spacial score (nSPS) is 15.3. The molecule has 13 aromatic rings. The Kier molecular flexibility index (Phi) is 10.4. The Bertz CT molecular complexity index is 4770. The number of rotatable bonds is 7. The van der Waals surface area contributed by atoms with Crippen molar-refractivity contribution in [3.63, 3.8) is 0 Å². The van der Waals surface area contributed by atoms with Gasteiger partial charge in [0.15, 0.2) is 0 Å². The summed E-state index contributed by atoms with van der Waals surface area (Å²) in [5.41, 5.74) is 31.4. The minimum Gasteiger partial charge on any atom is -0.310 e. The second kappa shape index (κ2) is 17.9. The molecule has 0 aromatic heterocycles. The quantitative estimate of drug-likeness (QED) is 0.144. The van der Waals surface area contributed by atoms with Gasteiger partial charge < -0.3 is 4.90 Å². The molecule has 0 unspecified atom stereocenters. The third-order valence-electron chi connectivity index (χ3n) is 20.5. The lowest BCUT2D eigenvalue weighted by Gasteiger charge is -2.33. The standard InChI is InChI=1S/C84H63N/c1-81(2)71-34-20-17-27-59(71)63-43-39-56(49-76(63)81)85(57-40-44-64-60-28-18-21-35-72(60)82(3,4)77(64)50-57)58-41-45-65-62-42-37-53(48-75(62)83(5,6)78(65)51-58)80-68-32-15-13-30-66(68)79(67-31-14-16-33-69(67)80)52-38-46-74-70(47-52)61-29-19-22-36-73(61)84(74,54-23-9-7-10-24-54)55-25-11-8-12-26-55/h7-51H,1-6H3. The van der Waals surface area contributed by atoms with Crippen molar-refractivity contribution < 1.29 is 0 Å². The molecule has 1 heteroatoms. The molecule has 13 aromatic carbocycles. The molecule has 4 aliphatic rings. The fourth-order valence-electron chi connectivity index (χ4n) is 16.5. The zero-order chi connectivity index (χ0) is 57.1. The third-order valence-corrected chi connectivity index (χ3v) is 20.5. The molecule has 0 aliphatic heterocycles. The van der Waals surface area contributed by atoms with Gasteiger partial charge in [0.05, 0.1) is 5.41 Å². The van der Waals surface area contributed by atoms with Gasteiger partial charge in [0.25, 0.3) is 0 Å². The summed E-state index contributed by atoms with van der Waals surface area (Å²) in [4.78, 5) is 2.53. The molecule has 0 atom stereocenters. The second-order valence-electron chi connectivity index (χ2n) is 25.9. The average molecular weight is 1090 g/mol. The molecular formula is C84H63N. The van der Waals surface area contributed by atoms with Crippen LogP contribution in [0.1, 0.15) is 97.2 Å². The van der Waals surface area contributed by atoms with Gasteiger partial charge in [-0.05, 0) is 192 Å². The number of hydrogen-bond acceptors (Lipinski definition) is 1. The van der Waals surface area contributed by atoms with Crippen LogP contribution in [0.2, 0.25) is 0 Å². The van der Waals surface area contributed by atoms with Crippen LogP contribution in [-0.2, 0) is 21.7 Å². The molecule has 4 aliphatic carbocycles. The van der Waals surface area contributed by atoms with Crippen LogP contribution in [0.3, 0.4) is 0 Å². The maximum Gasteiger partial charge on any atom is 0.0713 e. The topological polar surface area (TPSA) is 3.24 Å². The van der Waals surface area contributed by atoms with Crippen LogP contribution < -0.4 is 4.90 Å². The predicted octanol–water partition coefficient (Wildman–Crippen LogP) is 22.1. The van der Waals surface area contributed by atoms with Crippen LogP contribution in [0.4, 0.5) is 17.1 Å². The number of benzene rings is 13. The highest BCUT2D eigenvalue weighted by atomic mass is 15.1. The van der Waals surface area contributed by atoms with Crippen molar-refractivity contribution in [2.45, 2.75) is 63.2 Å². The van der Waals surface area contributed by atoms with Gasteiger partial charge in [-0.2, -0.15) is 0 Å². The Morgan fingerprint density at radius 3 is 0.976 bits per heavy atom. The summed E-state index contributed by atoms with van der Waals surface area (Å²) in [6, 6.07) is 104. The van der Waals surface area contributed by atoms with Crippen LogP contribution in [0.15, 0.2) is 273 Å². The molecular weight excluding hydrogens is 1020 g/mol. The molecule has 85 heavy (non-hydrogen) atoms. The summed E-state index contributed by atoms with van der Waals surface area (Å²) in [6.45, 7) is 14.4. The monoisotopic (exact) mass is 1090 g/mol. The third kappa shape index (κ3) is 6.81. The predicted molar refractivity (Wildman–Crippen MR) is 357 cm³/mol. The summed E-state index contributed by atoms with van der Waals surface area (Å²) in [5, 5.41) is 5.02. The lowest BCUT2D eigenvalue weighted by molar-refractivity contribution is 0.659. The molecule has 0 N–H and O–H groups in total. The van der Waals surface area contributed by atoms with Gasteiger partial charge in [-0.1, -0.05) is 266 Å². The zero-order valence-corrected chi connectivity index (χ0v) is 48.9. The van der Waals surface area contributed by atoms with Gasteiger partial charge >= 0.3 is 0 Å². The number of anilines is 3. The lowest BCUT2D eigenvalue weighted by Crippen LogP contribution is -2.28. The molecule has 17 rings (SSSR count). The van der Waals surface area contributed by atoms with E-state index in [1.165, 1.54) is 155 Å². The van der Waals surface area contributed by atoms with Crippen LogP contribution in [0.5, 0.6) is 0 Å². The van der Waals surface area contributed by atoms with E-state index in [9.17, 15) is 0 Å². The molecule has 0 amide bonds. The molecule has 0 heterocycles. The Balaban J connectivity index is 0.799. The highest BCUT2D eigenvalue weighted by Crippen LogP contribution is 2.59. The van der Waals surface area contributed by atoms with E-state index < -0.39 is 5.41 Å². The van der Waals surface area contributed by atoms with Crippen LogP contribution in [0.25, 0.3) is 88.3 Å². The van der Waals surface area contributed by atoms with Gasteiger partial charge in [0, 0.05) is 33.3 Å². The van der Waals surface area contributed by atoms with Gasteiger partial charge in [0.2, 0.25) is 0 Å². The number of nitrogens with zero attached hydrogens (tertiary/aromatic N) is 1. The number of fused-ring (bicyclic) bond motifs is 14. The maximum absolute atomic E-state index is 2.53. The van der Waals surface area contributed by atoms with Crippen molar-refractivity contribution in [2.75, 3.05) is 4.90 Å². The summed E-state index contributed by atoms with van der Waals surface area (Å²) in [6.07, 6.45) is 0. The summed E-state index contributed by atoms with van der Waals surface area (Å²) in [7, 11) is 0. The lowest BCUT2D eigenvalue weighted by atomic mass is 9.67. The minimum atomic E-state index is -0.455. The SMILES string of the molecule is CC1(C)c2ccccc2-c2ccc(N(c3ccc4c(c3)C(C)(C)c3ccccc3-4)c3ccc4c(c3)C(C)(C)c3cc(-c5c6ccccc6c(-c6ccc7c(c6)-c6ccccc6C7(c6ccccc6)c6ccccc6)c6ccccc56)ccc3-4)cc21. The maximum atomic E-state index is 2.53. The van der Waals surface area contributed by atoms with E-state index in [-0.39, 0.29) is 16.2 Å². The van der Waals surface area contributed by atoms with Crippen molar-refractivity contribution in [3.8, 4) is 66.8 Å². The average Bonchev–Trinajstić information content (AvgIpc) is 1.90. The zero-order valence-electron chi connectivity index (χ0n) is 48.9. The first-order valence-corrected chi connectivity index (χ1v) is 30.3. The molecule has 1 nitrogen and oxygen atoms in total. The highest BCUT2D eigenvalue weighted by Gasteiger charge is 2.46. The van der Waals surface area contributed by atoms with Crippen molar-refractivity contribution in [1.29, 1.82) is 0 Å². The van der Waals surface area contributed by atoms with Crippen molar-refractivity contribution >= 4 is 38.6 Å². The van der Waals surface area contributed by atoms with E-state index in [0.29, 0.717) is 0 Å². The number of hydrogen-bond donors (Lipinski definition) is 0. The first-order valence-electron chi connectivity index (χ1n) is 30.3. The second-order valence-corrected chi connectivity index (χ2v) is 25.9. The molecule has 0 spiro atoms. The molecule has 0 fully saturated rings. The Morgan fingerprint density at radius 2 is 0.529 bits per heavy atom. The fourth-order valence-corrected chi connectivity index (χ4v) is 16.5.